The predicted molar refractivity (Wildman–Crippen MR) is 146 cm³/mol. The number of esters is 1. The third-order valence-electron chi connectivity index (χ3n) is 4.91. The number of anilines is 5. The van der Waals surface area contributed by atoms with Crippen LogP contribution in [0.2, 0.25) is 0 Å². The number of benzene rings is 3. The highest BCUT2D eigenvalue weighted by Gasteiger charge is 2.10. The van der Waals surface area contributed by atoms with Gasteiger partial charge in [-0.15, -0.1) is 0 Å². The molecule has 194 valence electrons. The summed E-state index contributed by atoms with van der Waals surface area (Å²) in [5, 5.41) is 10.6. The van der Waals surface area contributed by atoms with Gasteiger partial charge < -0.3 is 24.8 Å². The van der Waals surface area contributed by atoms with Crippen LogP contribution in [0.4, 0.5) is 29.2 Å². The summed E-state index contributed by atoms with van der Waals surface area (Å²) in [5.74, 6) is 1.28. The Kier molecular flexibility index (Phi) is 9.00. The molecule has 0 spiro atoms. The molecule has 0 aliphatic heterocycles. The van der Waals surface area contributed by atoms with Crippen LogP contribution in [-0.4, -0.2) is 47.5 Å². The van der Waals surface area contributed by atoms with Gasteiger partial charge in [0.2, 0.25) is 17.8 Å². The van der Waals surface area contributed by atoms with E-state index in [0.717, 1.165) is 11.4 Å². The standard InChI is InChI=1S/C27H27N7O4/c1-3-37-24(35)18-38-23-16-19(14-15-22(23)36-2)17-28-34-27-32-25(29-20-10-6-4-7-11-20)31-26(33-27)30-21-12-8-5-9-13-21/h4-17H,3,18H2,1-2H3,(H3,29,30,31,32,33,34)/b28-17+. The van der Waals surface area contributed by atoms with Gasteiger partial charge in [0.1, 0.15) is 0 Å². The highest BCUT2D eigenvalue weighted by atomic mass is 16.6. The van der Waals surface area contributed by atoms with Crippen molar-refractivity contribution in [2.45, 2.75) is 6.92 Å². The Hall–Kier alpha value is -5.19. The predicted octanol–water partition coefficient (Wildman–Crippen LogP) is 4.76. The Balaban J connectivity index is 1.51. The average Bonchev–Trinajstić information content (AvgIpc) is 2.93. The summed E-state index contributed by atoms with van der Waals surface area (Å²) in [4.78, 5) is 25.0. The van der Waals surface area contributed by atoms with Crippen molar-refractivity contribution in [2.24, 2.45) is 5.10 Å². The van der Waals surface area contributed by atoms with Gasteiger partial charge in [-0.1, -0.05) is 36.4 Å². The third-order valence-corrected chi connectivity index (χ3v) is 4.91. The molecule has 11 heteroatoms. The maximum atomic E-state index is 11.7. The van der Waals surface area contributed by atoms with Gasteiger partial charge in [0.15, 0.2) is 18.1 Å². The van der Waals surface area contributed by atoms with Crippen molar-refractivity contribution in [1.82, 2.24) is 15.0 Å². The van der Waals surface area contributed by atoms with Crippen molar-refractivity contribution in [3.63, 3.8) is 0 Å². The van der Waals surface area contributed by atoms with E-state index >= 15 is 0 Å². The summed E-state index contributed by atoms with van der Waals surface area (Å²) in [7, 11) is 1.52. The number of nitrogens with zero attached hydrogens (tertiary/aromatic N) is 4. The van der Waals surface area contributed by atoms with Gasteiger partial charge in [-0.3, -0.25) is 0 Å². The zero-order chi connectivity index (χ0) is 26.6. The SMILES string of the molecule is CCOC(=O)COc1cc(/C=N/Nc2nc(Nc3ccccc3)nc(Nc3ccccc3)n2)ccc1OC. The second kappa shape index (κ2) is 13.2. The van der Waals surface area contributed by atoms with Crippen molar-refractivity contribution in [3.05, 3.63) is 84.4 Å². The van der Waals surface area contributed by atoms with Crippen LogP contribution in [0.1, 0.15) is 12.5 Å². The fourth-order valence-electron chi connectivity index (χ4n) is 3.23. The second-order valence-corrected chi connectivity index (χ2v) is 7.66. The molecule has 1 heterocycles. The minimum Gasteiger partial charge on any atom is -0.493 e. The molecule has 11 nitrogen and oxygen atoms in total. The summed E-state index contributed by atoms with van der Waals surface area (Å²) in [5.41, 5.74) is 5.19. The molecule has 3 aromatic carbocycles. The summed E-state index contributed by atoms with van der Waals surface area (Å²) in [6.45, 7) is 1.78. The third kappa shape index (κ3) is 7.65. The minimum absolute atomic E-state index is 0.223. The molecule has 0 aliphatic rings. The van der Waals surface area contributed by atoms with E-state index in [9.17, 15) is 4.79 Å². The number of para-hydroxylation sites is 2. The molecule has 0 saturated carbocycles. The van der Waals surface area contributed by atoms with Crippen LogP contribution in [0.3, 0.4) is 0 Å². The van der Waals surface area contributed by atoms with Gasteiger partial charge in [-0.05, 0) is 55.0 Å². The van der Waals surface area contributed by atoms with Crippen molar-refractivity contribution in [1.29, 1.82) is 0 Å². The smallest absolute Gasteiger partial charge is 0.344 e. The van der Waals surface area contributed by atoms with Crippen LogP contribution in [-0.2, 0) is 9.53 Å². The summed E-state index contributed by atoms with van der Waals surface area (Å²) < 4.78 is 15.8. The topological polar surface area (TPSA) is 132 Å². The van der Waals surface area contributed by atoms with Crippen LogP contribution < -0.4 is 25.5 Å². The molecule has 4 aromatic rings. The van der Waals surface area contributed by atoms with Crippen LogP contribution >= 0.6 is 0 Å². The first-order chi connectivity index (χ1) is 18.6. The first kappa shape index (κ1) is 25.9. The number of carbonyl (C=O) groups is 1. The number of aromatic nitrogens is 3. The molecule has 0 unspecified atom stereocenters. The Morgan fingerprint density at radius 3 is 2.03 bits per heavy atom. The first-order valence-electron chi connectivity index (χ1n) is 11.8. The number of carbonyl (C=O) groups excluding carboxylic acids is 1. The maximum Gasteiger partial charge on any atom is 0.344 e. The van der Waals surface area contributed by atoms with Gasteiger partial charge in [0.05, 0.1) is 19.9 Å². The van der Waals surface area contributed by atoms with Gasteiger partial charge >= 0.3 is 5.97 Å². The molecule has 0 amide bonds. The Morgan fingerprint density at radius 2 is 1.45 bits per heavy atom. The highest BCUT2D eigenvalue weighted by Crippen LogP contribution is 2.27. The molecule has 0 atom stereocenters. The van der Waals surface area contributed by atoms with E-state index in [1.807, 2.05) is 60.7 Å². The number of hydrazone groups is 1. The lowest BCUT2D eigenvalue weighted by Crippen LogP contribution is -2.15. The monoisotopic (exact) mass is 513 g/mol. The average molecular weight is 514 g/mol. The lowest BCUT2D eigenvalue weighted by Gasteiger charge is -2.11. The van der Waals surface area contributed by atoms with Crippen molar-refractivity contribution in [2.75, 3.05) is 36.4 Å². The fraction of sp³-hybridized carbons (Fsp3) is 0.148. The van der Waals surface area contributed by atoms with Gasteiger partial charge in [-0.2, -0.15) is 20.1 Å². The number of hydrogen-bond donors (Lipinski definition) is 3. The lowest BCUT2D eigenvalue weighted by atomic mass is 10.2. The van der Waals surface area contributed by atoms with E-state index in [1.54, 1.807) is 31.3 Å². The summed E-state index contributed by atoms with van der Waals surface area (Å²) >= 11 is 0. The molecule has 3 N–H and O–H groups in total. The fourth-order valence-corrected chi connectivity index (χ4v) is 3.23. The Bertz CT molecular complexity index is 1310. The molecular weight excluding hydrogens is 486 g/mol. The molecule has 0 radical (unpaired) electrons. The van der Waals surface area contributed by atoms with Crippen molar-refractivity contribution in [3.8, 4) is 11.5 Å². The molecule has 0 aliphatic carbocycles. The van der Waals surface area contributed by atoms with E-state index in [4.69, 9.17) is 14.2 Å². The van der Waals surface area contributed by atoms with E-state index in [1.165, 1.54) is 7.11 Å². The summed E-state index contributed by atoms with van der Waals surface area (Å²) in [6, 6.07) is 24.3. The van der Waals surface area contributed by atoms with Gasteiger partial charge in [-0.25, -0.2) is 10.2 Å². The van der Waals surface area contributed by atoms with E-state index in [0.29, 0.717) is 29.0 Å². The van der Waals surface area contributed by atoms with Crippen LogP contribution in [0.5, 0.6) is 11.5 Å². The Labute approximate surface area is 219 Å². The number of methoxy groups -OCH3 is 1. The molecule has 0 fully saturated rings. The number of hydrogen-bond acceptors (Lipinski definition) is 11. The second-order valence-electron chi connectivity index (χ2n) is 7.66. The highest BCUT2D eigenvalue weighted by molar-refractivity contribution is 5.81. The number of rotatable bonds is 12. The van der Waals surface area contributed by atoms with E-state index < -0.39 is 5.97 Å². The van der Waals surface area contributed by atoms with E-state index in [-0.39, 0.29) is 19.2 Å². The minimum atomic E-state index is -0.468. The van der Waals surface area contributed by atoms with Crippen LogP contribution in [0.25, 0.3) is 0 Å². The quantitative estimate of drug-likeness (QED) is 0.138. The zero-order valence-corrected chi connectivity index (χ0v) is 20.9. The number of ether oxygens (including phenoxy) is 3. The lowest BCUT2D eigenvalue weighted by molar-refractivity contribution is -0.145. The zero-order valence-electron chi connectivity index (χ0n) is 20.9. The normalized spacial score (nSPS) is 10.6. The molecule has 1 aromatic heterocycles. The van der Waals surface area contributed by atoms with Gasteiger partial charge in [0, 0.05) is 11.4 Å². The Morgan fingerprint density at radius 1 is 0.842 bits per heavy atom. The largest absolute Gasteiger partial charge is 0.493 e. The molecule has 0 saturated heterocycles. The molecule has 38 heavy (non-hydrogen) atoms. The molecule has 0 bridgehead atoms. The first-order valence-corrected chi connectivity index (χ1v) is 11.8. The molecular formula is C27H27N7O4. The van der Waals surface area contributed by atoms with Crippen molar-refractivity contribution >= 4 is 41.4 Å². The number of nitrogens with one attached hydrogen (secondary N) is 3. The maximum absolute atomic E-state index is 11.7. The van der Waals surface area contributed by atoms with Crippen LogP contribution in [0.15, 0.2) is 84.0 Å². The van der Waals surface area contributed by atoms with Gasteiger partial charge in [0.25, 0.3) is 0 Å². The van der Waals surface area contributed by atoms with Crippen LogP contribution in [0, 0.1) is 0 Å². The molecule has 4 rings (SSSR count). The van der Waals surface area contributed by atoms with Crippen molar-refractivity contribution < 1.29 is 19.0 Å². The van der Waals surface area contributed by atoms with E-state index in [2.05, 4.69) is 36.1 Å². The summed E-state index contributed by atoms with van der Waals surface area (Å²) in [6.07, 6.45) is 1.56.